The summed E-state index contributed by atoms with van der Waals surface area (Å²) in [7, 11) is 0. The highest BCUT2D eigenvalue weighted by Gasteiger charge is 2.45. The van der Waals surface area contributed by atoms with Crippen LogP contribution >= 0.6 is 0 Å². The number of aromatic nitrogens is 2. The molecule has 0 amide bonds. The van der Waals surface area contributed by atoms with Crippen molar-refractivity contribution in [1.29, 1.82) is 5.26 Å². The largest absolute Gasteiger partial charge is 0.429 e. The molecule has 40 heavy (non-hydrogen) atoms. The lowest BCUT2D eigenvalue weighted by Crippen LogP contribution is -2.50. The van der Waals surface area contributed by atoms with Crippen LogP contribution in [0, 0.1) is 29.0 Å². The Hall–Kier alpha value is -3.74. The minimum atomic E-state index is -0.610. The summed E-state index contributed by atoms with van der Waals surface area (Å²) in [5.41, 5.74) is 2.11. The van der Waals surface area contributed by atoms with Crippen molar-refractivity contribution < 1.29 is 9.84 Å². The molecule has 8 nitrogen and oxygen atoms in total. The van der Waals surface area contributed by atoms with Crippen LogP contribution in [0.5, 0.6) is 0 Å². The molecule has 6 rings (SSSR count). The molecule has 2 bridgehead atoms. The van der Waals surface area contributed by atoms with Crippen molar-refractivity contribution in [3.63, 3.8) is 0 Å². The summed E-state index contributed by atoms with van der Waals surface area (Å²) in [6.07, 6.45) is 7.59. The first-order valence-corrected chi connectivity index (χ1v) is 14.2. The molecule has 3 aliphatic rings. The lowest BCUT2D eigenvalue weighted by atomic mass is 9.59. The molecular weight excluding hydrogens is 499 g/mol. The van der Waals surface area contributed by atoms with Gasteiger partial charge in [0, 0.05) is 29.7 Å². The van der Waals surface area contributed by atoms with Crippen LogP contribution in [0.4, 0.5) is 11.6 Å². The number of nitrogens with one attached hydrogen (secondary N) is 2. The summed E-state index contributed by atoms with van der Waals surface area (Å²) < 4.78 is 5.88. The highest BCUT2D eigenvalue weighted by atomic mass is 16.5. The fourth-order valence-corrected chi connectivity index (χ4v) is 6.93. The van der Waals surface area contributed by atoms with Crippen molar-refractivity contribution in [3.05, 3.63) is 71.8 Å². The highest BCUT2D eigenvalue weighted by Crippen LogP contribution is 2.47. The molecule has 5 unspecified atom stereocenters. The monoisotopic (exact) mass is 534 g/mol. The first kappa shape index (κ1) is 26.5. The molecule has 2 saturated carbocycles. The summed E-state index contributed by atoms with van der Waals surface area (Å²) in [6.45, 7) is 4.49. The molecule has 1 aromatic carbocycles. The number of hydrogen-bond acceptors (Lipinski definition) is 8. The van der Waals surface area contributed by atoms with E-state index in [9.17, 15) is 10.4 Å². The third-order valence-corrected chi connectivity index (χ3v) is 8.50. The zero-order valence-electron chi connectivity index (χ0n) is 23.0. The van der Waals surface area contributed by atoms with E-state index in [1.165, 1.54) is 0 Å². The van der Waals surface area contributed by atoms with E-state index in [0.29, 0.717) is 42.6 Å². The Kier molecular flexibility index (Phi) is 7.30. The summed E-state index contributed by atoms with van der Waals surface area (Å²) in [6, 6.07) is 16.1. The zero-order valence-corrected chi connectivity index (χ0v) is 23.0. The number of ether oxygens (including phenoxy) is 1. The number of anilines is 2. The molecule has 0 saturated heterocycles. The van der Waals surface area contributed by atoms with Gasteiger partial charge < -0.3 is 25.4 Å². The number of pyridine rings is 2. The zero-order chi connectivity index (χ0) is 27.7. The van der Waals surface area contributed by atoms with Crippen molar-refractivity contribution in [2.45, 2.75) is 57.8 Å². The maximum Gasteiger partial charge on any atom is 0.429 e. The number of nitriles is 1. The third kappa shape index (κ3) is 5.74. The Balaban J connectivity index is 1.21. The van der Waals surface area contributed by atoms with Gasteiger partial charge in [0.2, 0.25) is 0 Å². The highest BCUT2D eigenvalue weighted by molar-refractivity contribution is 6.76. The summed E-state index contributed by atoms with van der Waals surface area (Å²) in [5, 5.41) is 28.6. The molecular formula is C31H35BN6O2. The molecule has 1 aliphatic heterocycles. The van der Waals surface area contributed by atoms with E-state index in [4.69, 9.17) is 9.72 Å². The van der Waals surface area contributed by atoms with E-state index in [1.807, 2.05) is 61.5 Å². The average molecular weight is 534 g/mol. The Bertz CT molecular complexity index is 1480. The molecule has 2 aromatic heterocycles. The van der Waals surface area contributed by atoms with E-state index < -0.39 is 12.4 Å². The number of hydrogen-bond donors (Lipinski definition) is 3. The molecule has 0 radical (unpaired) electrons. The fourth-order valence-electron chi connectivity index (χ4n) is 6.93. The van der Waals surface area contributed by atoms with E-state index in [2.05, 4.69) is 33.4 Å². The Morgan fingerprint density at radius 2 is 2.00 bits per heavy atom. The number of fused-ring (bicyclic) bond motifs is 3. The van der Waals surface area contributed by atoms with Crippen LogP contribution in [-0.2, 0) is 11.3 Å². The number of benzene rings is 1. The van der Waals surface area contributed by atoms with Crippen molar-refractivity contribution in [2.75, 3.05) is 17.2 Å². The second-order valence-electron chi connectivity index (χ2n) is 11.9. The minimum absolute atomic E-state index is 0.217. The SMILES string of the molecule is CC1CC2CC(CC(C)(O)C2)C1Nc1nc(NC2=NB(C#N)C(COCc3ccccc3)=C2)cc2ncccc12. The summed E-state index contributed by atoms with van der Waals surface area (Å²) >= 11 is 0. The van der Waals surface area contributed by atoms with Gasteiger partial charge in [0.25, 0.3) is 0 Å². The van der Waals surface area contributed by atoms with Gasteiger partial charge in [0.05, 0.1) is 24.3 Å². The molecule has 3 heterocycles. The van der Waals surface area contributed by atoms with Crippen LogP contribution in [0.2, 0.25) is 0 Å². The Morgan fingerprint density at radius 1 is 1.15 bits per heavy atom. The van der Waals surface area contributed by atoms with Crippen LogP contribution < -0.4 is 10.6 Å². The van der Waals surface area contributed by atoms with E-state index in [0.717, 1.165) is 53.4 Å². The van der Waals surface area contributed by atoms with Crippen molar-refractivity contribution >= 4 is 35.2 Å². The average Bonchev–Trinajstić information content (AvgIpc) is 3.31. The van der Waals surface area contributed by atoms with Crippen LogP contribution in [0.3, 0.4) is 0 Å². The first-order valence-electron chi connectivity index (χ1n) is 14.2. The molecule has 3 aromatic rings. The van der Waals surface area contributed by atoms with Gasteiger partial charge in [-0.1, -0.05) is 37.3 Å². The maximum absolute atomic E-state index is 10.9. The molecule has 2 fully saturated rings. The quantitative estimate of drug-likeness (QED) is 0.358. The second-order valence-corrected chi connectivity index (χ2v) is 11.9. The van der Waals surface area contributed by atoms with Gasteiger partial charge >= 0.3 is 6.85 Å². The predicted octanol–water partition coefficient (Wildman–Crippen LogP) is 5.18. The Labute approximate surface area is 235 Å². The van der Waals surface area contributed by atoms with E-state index in [-0.39, 0.29) is 6.04 Å². The fraction of sp³-hybridized carbons (Fsp3) is 0.419. The van der Waals surface area contributed by atoms with Crippen molar-refractivity contribution in [3.8, 4) is 5.97 Å². The molecule has 0 spiro atoms. The number of nitrogens with zero attached hydrogens (tertiary/aromatic N) is 4. The van der Waals surface area contributed by atoms with Crippen molar-refractivity contribution in [2.24, 2.45) is 22.7 Å². The van der Waals surface area contributed by atoms with E-state index in [1.54, 1.807) is 6.20 Å². The van der Waals surface area contributed by atoms with Crippen LogP contribution in [-0.4, -0.2) is 46.0 Å². The van der Waals surface area contributed by atoms with Gasteiger partial charge in [-0.25, -0.2) is 10.2 Å². The summed E-state index contributed by atoms with van der Waals surface area (Å²) in [5.74, 6) is 5.67. The molecule has 204 valence electrons. The molecule has 9 heteroatoms. The first-order chi connectivity index (χ1) is 19.4. The van der Waals surface area contributed by atoms with Gasteiger partial charge in [0.1, 0.15) is 17.5 Å². The number of amidine groups is 1. The standard InChI is InChI=1S/C31H35BN6O2/c1-20-11-22-12-23(16-31(2,39)15-22)29(20)37-30-25-9-6-10-34-26(25)14-27(36-30)35-28-13-24(32(19-33)38-28)18-40-17-21-7-4-3-5-8-21/h3-10,13-14,20,22-23,29,39H,11-12,15-18H2,1-2H3,(H2,35,36,37,38). The van der Waals surface area contributed by atoms with Gasteiger partial charge in [-0.05, 0) is 79.6 Å². The number of rotatable bonds is 7. The maximum atomic E-state index is 10.9. The topological polar surface area (TPSA) is 115 Å². The lowest BCUT2D eigenvalue weighted by Gasteiger charge is -2.49. The summed E-state index contributed by atoms with van der Waals surface area (Å²) in [4.78, 5) is 14.1. The molecule has 5 atom stereocenters. The Morgan fingerprint density at radius 3 is 2.83 bits per heavy atom. The van der Waals surface area contributed by atoms with E-state index >= 15 is 0 Å². The van der Waals surface area contributed by atoms with Crippen molar-refractivity contribution in [1.82, 2.24) is 9.97 Å². The van der Waals surface area contributed by atoms with Gasteiger partial charge in [-0.15, -0.1) is 0 Å². The lowest BCUT2D eigenvalue weighted by molar-refractivity contribution is -0.0501. The minimum Gasteiger partial charge on any atom is -0.390 e. The predicted molar refractivity (Wildman–Crippen MR) is 159 cm³/mol. The smallest absolute Gasteiger partial charge is 0.390 e. The van der Waals surface area contributed by atoms with Crippen LogP contribution in [0.25, 0.3) is 10.9 Å². The van der Waals surface area contributed by atoms with Gasteiger partial charge in [-0.3, -0.25) is 4.98 Å². The third-order valence-electron chi connectivity index (χ3n) is 8.50. The van der Waals surface area contributed by atoms with Crippen LogP contribution in [0.1, 0.15) is 45.1 Å². The normalized spacial score (nSPS) is 27.6. The van der Waals surface area contributed by atoms with Gasteiger partial charge in [-0.2, -0.15) is 0 Å². The van der Waals surface area contributed by atoms with Crippen LogP contribution in [0.15, 0.2) is 71.2 Å². The second kappa shape index (κ2) is 11.0. The molecule has 2 aliphatic carbocycles. The number of aliphatic hydroxyl groups is 1. The van der Waals surface area contributed by atoms with Gasteiger partial charge in [0.15, 0.2) is 0 Å². The molecule has 3 N–H and O–H groups in total.